The molecule has 0 saturated heterocycles. The molecule has 28 heavy (non-hydrogen) atoms. The Hall–Kier alpha value is -1.95. The van der Waals surface area contributed by atoms with E-state index in [9.17, 15) is 5.11 Å². The second kappa shape index (κ2) is 11.1. The van der Waals surface area contributed by atoms with E-state index in [1.165, 1.54) is 0 Å². The largest absolute Gasteiger partial charge is 0.493 e. The lowest BCUT2D eigenvalue weighted by atomic mass is 10.1. The van der Waals surface area contributed by atoms with E-state index in [1.807, 2.05) is 18.2 Å². The smallest absolute Gasteiger partial charge is 0.165 e. The van der Waals surface area contributed by atoms with Gasteiger partial charge in [-0.05, 0) is 36.2 Å². The molecule has 0 amide bonds. The molecular weight excluding hydrogens is 378 g/mol. The maximum Gasteiger partial charge on any atom is 0.165 e. The molecule has 0 radical (unpaired) electrons. The lowest BCUT2D eigenvalue weighted by Crippen LogP contribution is -2.37. The average molecular weight is 408 g/mol. The maximum absolute atomic E-state index is 10.5. The molecule has 1 N–H and O–H groups in total. The van der Waals surface area contributed by atoms with Gasteiger partial charge in [-0.25, -0.2) is 0 Å². The zero-order valence-corrected chi connectivity index (χ0v) is 17.8. The van der Waals surface area contributed by atoms with Crippen molar-refractivity contribution >= 4 is 11.6 Å². The molecule has 2 aromatic carbocycles. The molecule has 0 bridgehead atoms. The topological polar surface area (TPSA) is 51.2 Å². The molecule has 0 heterocycles. The Morgan fingerprint density at radius 2 is 1.71 bits per heavy atom. The Labute approximate surface area is 172 Å². The van der Waals surface area contributed by atoms with E-state index in [2.05, 4.69) is 18.7 Å². The van der Waals surface area contributed by atoms with Crippen LogP contribution in [0.2, 0.25) is 5.02 Å². The van der Waals surface area contributed by atoms with Crippen molar-refractivity contribution in [3.63, 3.8) is 0 Å². The summed E-state index contributed by atoms with van der Waals surface area (Å²) in [6.45, 7) is 6.52. The Morgan fingerprint density at radius 1 is 1.00 bits per heavy atom. The minimum absolute atomic E-state index is 0.214. The molecule has 0 aliphatic carbocycles. The van der Waals surface area contributed by atoms with Crippen LogP contribution in [0.25, 0.3) is 0 Å². The van der Waals surface area contributed by atoms with Crippen molar-refractivity contribution in [1.82, 2.24) is 4.90 Å². The third-order valence-corrected chi connectivity index (χ3v) is 4.48. The van der Waals surface area contributed by atoms with Crippen LogP contribution in [0.5, 0.6) is 17.2 Å². The number of methoxy groups -OCH3 is 2. The molecule has 5 nitrogen and oxygen atoms in total. The molecule has 0 aliphatic rings. The number of hydrogen-bond acceptors (Lipinski definition) is 5. The SMILES string of the molecule is COc1cccc(CN(CC(C)C)C[C@@H](O)COc2ccc(Cl)cc2)c1OC. The average Bonchev–Trinajstić information content (AvgIpc) is 2.66. The highest BCUT2D eigenvalue weighted by Gasteiger charge is 2.18. The van der Waals surface area contributed by atoms with Gasteiger partial charge in [0.15, 0.2) is 11.5 Å². The van der Waals surface area contributed by atoms with E-state index in [0.717, 1.165) is 17.9 Å². The van der Waals surface area contributed by atoms with E-state index in [0.29, 0.717) is 35.5 Å². The summed E-state index contributed by atoms with van der Waals surface area (Å²) in [6.07, 6.45) is -0.619. The highest BCUT2D eigenvalue weighted by atomic mass is 35.5. The van der Waals surface area contributed by atoms with Crippen LogP contribution in [0.3, 0.4) is 0 Å². The summed E-state index contributed by atoms with van der Waals surface area (Å²) >= 11 is 5.88. The monoisotopic (exact) mass is 407 g/mol. The fraction of sp³-hybridized carbons (Fsp3) is 0.455. The highest BCUT2D eigenvalue weighted by molar-refractivity contribution is 6.30. The van der Waals surface area contributed by atoms with Gasteiger partial charge in [0.1, 0.15) is 18.5 Å². The number of benzene rings is 2. The molecule has 0 aliphatic heterocycles. The first kappa shape index (κ1) is 22.3. The first-order valence-corrected chi connectivity index (χ1v) is 9.79. The number of hydrogen-bond donors (Lipinski definition) is 1. The van der Waals surface area contributed by atoms with Gasteiger partial charge in [-0.2, -0.15) is 0 Å². The van der Waals surface area contributed by atoms with E-state index in [-0.39, 0.29) is 6.61 Å². The van der Waals surface area contributed by atoms with Crippen LogP contribution in [0.15, 0.2) is 42.5 Å². The molecule has 2 aromatic rings. The summed E-state index contributed by atoms with van der Waals surface area (Å²) < 4.78 is 16.6. The van der Waals surface area contributed by atoms with Gasteiger partial charge >= 0.3 is 0 Å². The van der Waals surface area contributed by atoms with Crippen LogP contribution in [-0.4, -0.2) is 50.0 Å². The molecule has 0 saturated carbocycles. The number of para-hydroxylation sites is 1. The van der Waals surface area contributed by atoms with E-state index < -0.39 is 6.10 Å². The maximum atomic E-state index is 10.5. The van der Waals surface area contributed by atoms with Crippen molar-refractivity contribution in [2.24, 2.45) is 5.92 Å². The molecule has 0 aromatic heterocycles. The van der Waals surface area contributed by atoms with Crippen LogP contribution in [-0.2, 0) is 6.54 Å². The summed E-state index contributed by atoms with van der Waals surface area (Å²) in [4.78, 5) is 2.21. The number of aliphatic hydroxyl groups excluding tert-OH is 1. The van der Waals surface area contributed by atoms with Gasteiger partial charge in [-0.1, -0.05) is 37.6 Å². The van der Waals surface area contributed by atoms with Crippen molar-refractivity contribution in [3.05, 3.63) is 53.1 Å². The number of nitrogens with zero attached hydrogens (tertiary/aromatic N) is 1. The Bertz CT molecular complexity index is 721. The number of rotatable bonds is 11. The van der Waals surface area contributed by atoms with E-state index in [4.69, 9.17) is 25.8 Å². The Morgan fingerprint density at radius 3 is 2.32 bits per heavy atom. The van der Waals surface area contributed by atoms with Crippen LogP contribution >= 0.6 is 11.6 Å². The second-order valence-corrected chi connectivity index (χ2v) is 7.60. The predicted octanol–water partition coefficient (Wildman–Crippen LogP) is 4.26. The normalized spacial score (nSPS) is 12.3. The summed E-state index contributed by atoms with van der Waals surface area (Å²) in [5.74, 6) is 2.58. The number of halogens is 1. The minimum Gasteiger partial charge on any atom is -0.493 e. The van der Waals surface area contributed by atoms with Gasteiger partial charge in [0.05, 0.1) is 14.2 Å². The summed E-state index contributed by atoms with van der Waals surface area (Å²) in [6, 6.07) is 13.0. The Kier molecular flexibility index (Phi) is 8.90. The highest BCUT2D eigenvalue weighted by Crippen LogP contribution is 2.31. The zero-order chi connectivity index (χ0) is 20.5. The lowest BCUT2D eigenvalue weighted by Gasteiger charge is -2.27. The first-order valence-electron chi connectivity index (χ1n) is 9.41. The molecule has 0 spiro atoms. The summed E-state index contributed by atoms with van der Waals surface area (Å²) in [5, 5.41) is 11.2. The molecule has 0 fully saturated rings. The van der Waals surface area contributed by atoms with Crippen LogP contribution in [0.1, 0.15) is 19.4 Å². The fourth-order valence-corrected chi connectivity index (χ4v) is 3.24. The van der Waals surface area contributed by atoms with Gasteiger partial charge in [-0.15, -0.1) is 0 Å². The number of ether oxygens (including phenoxy) is 3. The fourth-order valence-electron chi connectivity index (χ4n) is 3.11. The summed E-state index contributed by atoms with van der Waals surface area (Å²) in [7, 11) is 3.27. The van der Waals surface area contributed by atoms with Gasteiger partial charge in [0.2, 0.25) is 0 Å². The lowest BCUT2D eigenvalue weighted by molar-refractivity contribution is 0.0612. The van der Waals surface area contributed by atoms with Gasteiger partial charge < -0.3 is 19.3 Å². The summed E-state index contributed by atoms with van der Waals surface area (Å²) in [5.41, 5.74) is 1.02. The van der Waals surface area contributed by atoms with Crippen molar-refractivity contribution < 1.29 is 19.3 Å². The quantitative estimate of drug-likeness (QED) is 0.603. The van der Waals surface area contributed by atoms with Gasteiger partial charge in [0, 0.05) is 30.2 Å². The molecule has 154 valence electrons. The number of aliphatic hydroxyl groups is 1. The molecule has 0 unspecified atom stereocenters. The molecule has 6 heteroatoms. The zero-order valence-electron chi connectivity index (χ0n) is 17.0. The minimum atomic E-state index is -0.619. The van der Waals surface area contributed by atoms with E-state index in [1.54, 1.807) is 38.5 Å². The molecule has 2 rings (SSSR count). The van der Waals surface area contributed by atoms with Gasteiger partial charge in [0.25, 0.3) is 0 Å². The van der Waals surface area contributed by atoms with Crippen LogP contribution < -0.4 is 14.2 Å². The van der Waals surface area contributed by atoms with Crippen molar-refractivity contribution in [2.75, 3.05) is 33.9 Å². The predicted molar refractivity (Wildman–Crippen MR) is 113 cm³/mol. The third kappa shape index (κ3) is 6.89. The van der Waals surface area contributed by atoms with E-state index >= 15 is 0 Å². The van der Waals surface area contributed by atoms with Crippen molar-refractivity contribution in [2.45, 2.75) is 26.5 Å². The van der Waals surface area contributed by atoms with Crippen molar-refractivity contribution in [3.8, 4) is 17.2 Å². The van der Waals surface area contributed by atoms with Crippen molar-refractivity contribution in [1.29, 1.82) is 0 Å². The second-order valence-electron chi connectivity index (χ2n) is 7.16. The molecular formula is C22H30ClNO4. The third-order valence-electron chi connectivity index (χ3n) is 4.23. The van der Waals surface area contributed by atoms with Crippen LogP contribution in [0.4, 0.5) is 0 Å². The first-order chi connectivity index (χ1) is 13.4. The molecule has 1 atom stereocenters. The van der Waals surface area contributed by atoms with Gasteiger partial charge in [-0.3, -0.25) is 4.90 Å². The standard InChI is InChI=1S/C22H30ClNO4/c1-16(2)12-24(13-17-6-5-7-21(26-3)22(17)27-4)14-19(25)15-28-20-10-8-18(23)9-11-20/h5-11,16,19,25H,12-15H2,1-4H3/t19-/m1/s1. The Balaban J connectivity index is 2.01. The van der Waals surface area contributed by atoms with Crippen LogP contribution in [0, 0.1) is 5.92 Å².